The molecule has 0 aromatic heterocycles. The summed E-state index contributed by atoms with van der Waals surface area (Å²) in [6.45, 7) is 5.62. The third-order valence-corrected chi connectivity index (χ3v) is 4.12. The number of nitrogens with zero attached hydrogens (tertiary/aromatic N) is 1. The Morgan fingerprint density at radius 3 is 2.61 bits per heavy atom. The molecule has 0 heterocycles. The normalized spacial score (nSPS) is 19.6. The van der Waals surface area contributed by atoms with Gasteiger partial charge in [0, 0.05) is 6.04 Å². The van der Waals surface area contributed by atoms with Crippen LogP contribution in [0.5, 0.6) is 0 Å². The van der Waals surface area contributed by atoms with E-state index in [1.54, 1.807) is 6.92 Å². The molecule has 0 radical (unpaired) electrons. The van der Waals surface area contributed by atoms with E-state index in [2.05, 4.69) is 24.2 Å². The van der Waals surface area contributed by atoms with Gasteiger partial charge in [0.25, 0.3) is 0 Å². The second-order valence-corrected chi connectivity index (χ2v) is 5.73. The van der Waals surface area contributed by atoms with Crippen molar-refractivity contribution in [3.8, 4) is 0 Å². The zero-order chi connectivity index (χ0) is 13.6. The summed E-state index contributed by atoms with van der Waals surface area (Å²) in [5.74, 6) is -0.734. The molecule has 1 rings (SSSR count). The van der Waals surface area contributed by atoms with Gasteiger partial charge in [0.15, 0.2) is 0 Å². The topological polar surface area (TPSA) is 52.6 Å². The number of carbonyl (C=O) groups is 1. The Kier molecular flexibility index (Phi) is 6.09. The fraction of sp³-hybridized carbons (Fsp3) is 0.929. The highest BCUT2D eigenvalue weighted by molar-refractivity contribution is 5.78. The molecule has 0 amide bonds. The Balaban J connectivity index is 2.30. The summed E-state index contributed by atoms with van der Waals surface area (Å²) in [6.07, 6.45) is 6.55. The number of hydrogen-bond acceptors (Lipinski definition) is 3. The minimum absolute atomic E-state index is 0.694. The molecule has 18 heavy (non-hydrogen) atoms. The molecule has 4 heteroatoms. The molecule has 1 unspecified atom stereocenters. The second kappa shape index (κ2) is 7.10. The van der Waals surface area contributed by atoms with Crippen LogP contribution in [0.3, 0.4) is 0 Å². The van der Waals surface area contributed by atoms with Crippen molar-refractivity contribution in [3.05, 3.63) is 0 Å². The van der Waals surface area contributed by atoms with Gasteiger partial charge in [0.05, 0.1) is 0 Å². The first-order valence-corrected chi connectivity index (χ1v) is 7.18. The Hall–Kier alpha value is -0.610. The van der Waals surface area contributed by atoms with Crippen molar-refractivity contribution >= 4 is 5.97 Å². The van der Waals surface area contributed by atoms with Gasteiger partial charge in [-0.25, -0.2) is 0 Å². The predicted octanol–water partition coefficient (Wildman–Crippen LogP) is 2.09. The molecule has 0 bridgehead atoms. The predicted molar refractivity (Wildman–Crippen MR) is 73.8 cm³/mol. The van der Waals surface area contributed by atoms with E-state index in [0.29, 0.717) is 6.42 Å². The molecule has 1 saturated carbocycles. The van der Waals surface area contributed by atoms with E-state index in [1.807, 2.05) is 0 Å². The van der Waals surface area contributed by atoms with Crippen LogP contribution in [-0.4, -0.2) is 47.7 Å². The van der Waals surface area contributed by atoms with Crippen molar-refractivity contribution < 1.29 is 9.90 Å². The quantitative estimate of drug-likeness (QED) is 0.663. The van der Waals surface area contributed by atoms with E-state index in [-0.39, 0.29) is 0 Å². The van der Waals surface area contributed by atoms with Crippen molar-refractivity contribution in [1.82, 2.24) is 10.2 Å². The molecule has 1 fully saturated rings. The number of carboxylic acids is 1. The number of hydrogen-bond donors (Lipinski definition) is 2. The van der Waals surface area contributed by atoms with Crippen LogP contribution in [0.4, 0.5) is 0 Å². The van der Waals surface area contributed by atoms with Gasteiger partial charge in [-0.2, -0.15) is 0 Å². The average molecular weight is 256 g/mol. The Labute approximate surface area is 111 Å². The minimum Gasteiger partial charge on any atom is -0.480 e. The van der Waals surface area contributed by atoms with Crippen LogP contribution in [0.15, 0.2) is 0 Å². The van der Waals surface area contributed by atoms with E-state index in [1.165, 1.54) is 19.3 Å². The van der Waals surface area contributed by atoms with Gasteiger partial charge in [-0.05, 0) is 59.2 Å². The molecule has 2 N–H and O–H groups in total. The summed E-state index contributed by atoms with van der Waals surface area (Å²) in [7, 11) is 2.15. The first kappa shape index (κ1) is 15.4. The maximum absolute atomic E-state index is 11.3. The average Bonchev–Trinajstić information content (AvgIpc) is 2.23. The lowest BCUT2D eigenvalue weighted by molar-refractivity contribution is -0.144. The fourth-order valence-corrected chi connectivity index (χ4v) is 2.36. The van der Waals surface area contributed by atoms with E-state index in [4.69, 9.17) is 0 Å². The number of carboxylic acid groups (broad SMARTS) is 1. The zero-order valence-corrected chi connectivity index (χ0v) is 12.0. The molecule has 0 aromatic carbocycles. The molecule has 4 nitrogen and oxygen atoms in total. The first-order valence-electron chi connectivity index (χ1n) is 7.18. The summed E-state index contributed by atoms with van der Waals surface area (Å²) in [6, 6.07) is 0.740. The van der Waals surface area contributed by atoms with E-state index in [0.717, 1.165) is 32.0 Å². The zero-order valence-electron chi connectivity index (χ0n) is 12.0. The van der Waals surface area contributed by atoms with Crippen molar-refractivity contribution in [2.45, 2.75) is 64.0 Å². The summed E-state index contributed by atoms with van der Waals surface area (Å²) in [5, 5.41) is 12.5. The lowest BCUT2D eigenvalue weighted by Gasteiger charge is -2.35. The number of nitrogens with one attached hydrogen (secondary N) is 1. The van der Waals surface area contributed by atoms with E-state index < -0.39 is 11.5 Å². The fourth-order valence-electron chi connectivity index (χ4n) is 2.36. The van der Waals surface area contributed by atoms with Crippen LogP contribution in [-0.2, 0) is 4.79 Å². The smallest absolute Gasteiger partial charge is 0.323 e. The summed E-state index contributed by atoms with van der Waals surface area (Å²) in [4.78, 5) is 13.7. The lowest BCUT2D eigenvalue weighted by Crippen LogP contribution is -2.50. The van der Waals surface area contributed by atoms with Crippen LogP contribution >= 0.6 is 0 Å². The lowest BCUT2D eigenvalue weighted by atomic mass is 9.91. The van der Waals surface area contributed by atoms with Crippen molar-refractivity contribution in [2.75, 3.05) is 20.1 Å². The molecule has 0 aliphatic heterocycles. The van der Waals surface area contributed by atoms with Crippen molar-refractivity contribution in [3.63, 3.8) is 0 Å². The summed E-state index contributed by atoms with van der Waals surface area (Å²) < 4.78 is 0. The van der Waals surface area contributed by atoms with Crippen molar-refractivity contribution in [2.24, 2.45) is 0 Å². The van der Waals surface area contributed by atoms with Crippen LogP contribution < -0.4 is 5.32 Å². The van der Waals surface area contributed by atoms with Crippen molar-refractivity contribution in [1.29, 1.82) is 0 Å². The van der Waals surface area contributed by atoms with Gasteiger partial charge >= 0.3 is 5.97 Å². The van der Waals surface area contributed by atoms with Gasteiger partial charge in [-0.15, -0.1) is 0 Å². The number of aliphatic carboxylic acids is 1. The molecular formula is C14H28N2O2. The maximum atomic E-state index is 11.3. The minimum atomic E-state index is -0.767. The highest BCUT2D eigenvalue weighted by Gasteiger charge is 2.32. The van der Waals surface area contributed by atoms with Gasteiger partial charge in [0.1, 0.15) is 5.54 Å². The Bertz CT molecular complexity index is 267. The summed E-state index contributed by atoms with van der Waals surface area (Å²) >= 11 is 0. The first-order chi connectivity index (χ1) is 8.49. The molecule has 106 valence electrons. The molecule has 0 spiro atoms. The third kappa shape index (κ3) is 4.25. The summed E-state index contributed by atoms with van der Waals surface area (Å²) in [5.41, 5.74) is -0.767. The van der Waals surface area contributed by atoms with E-state index >= 15 is 0 Å². The highest BCUT2D eigenvalue weighted by Crippen LogP contribution is 2.24. The van der Waals surface area contributed by atoms with Crippen LogP contribution in [0.1, 0.15) is 52.4 Å². The SMILES string of the molecule is CCCNC(C)(CCCN(C)C1CCC1)C(=O)O. The second-order valence-electron chi connectivity index (χ2n) is 5.73. The van der Waals surface area contributed by atoms with Gasteiger partial charge in [-0.1, -0.05) is 13.3 Å². The third-order valence-electron chi connectivity index (χ3n) is 4.12. The largest absolute Gasteiger partial charge is 0.480 e. The molecule has 1 aliphatic rings. The van der Waals surface area contributed by atoms with Crippen LogP contribution in [0, 0.1) is 0 Å². The monoisotopic (exact) mass is 256 g/mol. The standard InChI is InChI=1S/C14H28N2O2/c1-4-10-15-14(2,13(17)18)9-6-11-16(3)12-7-5-8-12/h12,15H,4-11H2,1-3H3,(H,17,18). The maximum Gasteiger partial charge on any atom is 0.323 e. The van der Waals surface area contributed by atoms with Gasteiger partial charge in [0.2, 0.25) is 0 Å². The number of rotatable bonds is 9. The Morgan fingerprint density at radius 2 is 2.17 bits per heavy atom. The van der Waals surface area contributed by atoms with Gasteiger partial charge < -0.3 is 15.3 Å². The van der Waals surface area contributed by atoms with E-state index in [9.17, 15) is 9.90 Å². The molecule has 1 aliphatic carbocycles. The molecule has 0 saturated heterocycles. The van der Waals surface area contributed by atoms with Crippen LogP contribution in [0.2, 0.25) is 0 Å². The Morgan fingerprint density at radius 1 is 1.50 bits per heavy atom. The molecule has 0 aromatic rings. The van der Waals surface area contributed by atoms with Gasteiger partial charge in [-0.3, -0.25) is 4.79 Å². The highest BCUT2D eigenvalue weighted by atomic mass is 16.4. The van der Waals surface area contributed by atoms with Crippen LogP contribution in [0.25, 0.3) is 0 Å². The molecular weight excluding hydrogens is 228 g/mol. The molecule has 1 atom stereocenters.